The Kier molecular flexibility index (Phi) is 4.98. The molecule has 2 aliphatic heterocycles. The maximum absolute atomic E-state index is 13.9. The molecule has 0 bridgehead atoms. The molecule has 7 heteroatoms. The van der Waals surface area contributed by atoms with Crippen molar-refractivity contribution in [2.75, 3.05) is 16.4 Å². The standard InChI is InChI=1S/C25H22Cl2N2O3/c1-24(2)25(31,17-5-3-4-16(14-17)22-15-32-22)29(21-12-8-19(27)9-13-21)23(30)28(24)20-10-6-18(26)7-11-20/h3-14,22,31H,15H2,1-2H3. The summed E-state index contributed by atoms with van der Waals surface area (Å²) in [6, 6.07) is 21.2. The van der Waals surface area contributed by atoms with Crippen LogP contribution in [0, 0.1) is 0 Å². The van der Waals surface area contributed by atoms with Crippen LogP contribution in [-0.2, 0) is 10.5 Å². The van der Waals surface area contributed by atoms with Gasteiger partial charge in [-0.2, -0.15) is 0 Å². The summed E-state index contributed by atoms with van der Waals surface area (Å²) < 4.78 is 5.44. The van der Waals surface area contributed by atoms with Gasteiger partial charge in [-0.3, -0.25) is 9.80 Å². The zero-order valence-corrected chi connectivity index (χ0v) is 19.1. The summed E-state index contributed by atoms with van der Waals surface area (Å²) in [4.78, 5) is 17.0. The maximum atomic E-state index is 13.9. The second-order valence-electron chi connectivity index (χ2n) is 8.58. The van der Waals surface area contributed by atoms with Gasteiger partial charge in [0, 0.05) is 27.0 Å². The van der Waals surface area contributed by atoms with Gasteiger partial charge in [0.05, 0.1) is 12.1 Å². The van der Waals surface area contributed by atoms with Crippen molar-refractivity contribution in [2.24, 2.45) is 0 Å². The molecule has 5 nitrogen and oxygen atoms in total. The number of halogens is 2. The molecular weight excluding hydrogens is 447 g/mol. The highest BCUT2D eigenvalue weighted by Gasteiger charge is 2.64. The molecule has 3 aromatic carbocycles. The van der Waals surface area contributed by atoms with Gasteiger partial charge in [0.1, 0.15) is 6.10 Å². The van der Waals surface area contributed by atoms with Crippen molar-refractivity contribution >= 4 is 40.6 Å². The van der Waals surface area contributed by atoms with Gasteiger partial charge in [0.2, 0.25) is 0 Å². The minimum Gasteiger partial charge on any atom is -0.368 e. The fraction of sp³-hybridized carbons (Fsp3) is 0.240. The Hall–Kier alpha value is -2.57. The lowest BCUT2D eigenvalue weighted by atomic mass is 9.82. The Morgan fingerprint density at radius 3 is 1.97 bits per heavy atom. The summed E-state index contributed by atoms with van der Waals surface area (Å²) in [6.07, 6.45) is 0.0233. The largest absolute Gasteiger partial charge is 0.368 e. The van der Waals surface area contributed by atoms with Crippen LogP contribution in [0.3, 0.4) is 0 Å². The van der Waals surface area contributed by atoms with Crippen LogP contribution in [0.1, 0.15) is 31.1 Å². The Labute approximate surface area is 196 Å². The lowest BCUT2D eigenvalue weighted by Crippen LogP contribution is -2.56. The van der Waals surface area contributed by atoms with Gasteiger partial charge in [-0.05, 0) is 74.0 Å². The number of urea groups is 1. The summed E-state index contributed by atoms with van der Waals surface area (Å²) >= 11 is 12.2. The van der Waals surface area contributed by atoms with Crippen LogP contribution in [0.2, 0.25) is 10.0 Å². The van der Waals surface area contributed by atoms with Crippen LogP contribution in [-0.4, -0.2) is 23.3 Å². The van der Waals surface area contributed by atoms with E-state index in [2.05, 4.69) is 0 Å². The molecule has 2 aliphatic rings. The van der Waals surface area contributed by atoms with Crippen molar-refractivity contribution in [1.82, 2.24) is 0 Å². The highest BCUT2D eigenvalue weighted by Crippen LogP contribution is 2.51. The average molecular weight is 469 g/mol. The number of carbonyl (C=O) groups excluding carboxylic acids is 1. The number of epoxide rings is 1. The summed E-state index contributed by atoms with van der Waals surface area (Å²) in [5, 5.41) is 13.5. The second-order valence-corrected chi connectivity index (χ2v) is 9.46. The average Bonchev–Trinajstić information content (AvgIpc) is 3.60. The molecule has 2 unspecified atom stereocenters. The van der Waals surface area contributed by atoms with Crippen molar-refractivity contribution in [3.63, 3.8) is 0 Å². The summed E-state index contributed by atoms with van der Waals surface area (Å²) in [6.45, 7) is 4.37. The van der Waals surface area contributed by atoms with Crippen LogP contribution in [0.5, 0.6) is 0 Å². The van der Waals surface area contributed by atoms with Crippen molar-refractivity contribution < 1.29 is 14.6 Å². The number of nitrogens with zero attached hydrogens (tertiary/aromatic N) is 2. The third kappa shape index (κ3) is 3.20. The number of aliphatic hydroxyl groups is 1. The van der Waals surface area contributed by atoms with Gasteiger partial charge in [-0.15, -0.1) is 0 Å². The summed E-state index contributed by atoms with van der Waals surface area (Å²) in [5.74, 6) is 0. The molecule has 0 aliphatic carbocycles. The monoisotopic (exact) mass is 468 g/mol. The first-order chi connectivity index (χ1) is 15.2. The third-order valence-electron chi connectivity index (χ3n) is 6.28. The molecule has 3 aromatic rings. The van der Waals surface area contributed by atoms with E-state index in [1.807, 2.05) is 38.1 Å². The van der Waals surface area contributed by atoms with E-state index in [4.69, 9.17) is 27.9 Å². The first kappa shape index (κ1) is 21.3. The minimum absolute atomic E-state index is 0.0233. The molecule has 1 N–H and O–H groups in total. The Morgan fingerprint density at radius 2 is 1.44 bits per heavy atom. The number of hydrogen-bond acceptors (Lipinski definition) is 3. The van der Waals surface area contributed by atoms with Crippen LogP contribution < -0.4 is 9.80 Å². The van der Waals surface area contributed by atoms with Crippen LogP contribution in [0.25, 0.3) is 0 Å². The molecular formula is C25H22Cl2N2O3. The fourth-order valence-corrected chi connectivity index (χ4v) is 4.75. The normalized spacial score (nSPS) is 24.2. The van der Waals surface area contributed by atoms with E-state index < -0.39 is 11.3 Å². The van der Waals surface area contributed by atoms with Crippen LogP contribution in [0.4, 0.5) is 16.2 Å². The van der Waals surface area contributed by atoms with E-state index in [0.717, 1.165) is 5.56 Å². The van der Waals surface area contributed by atoms with Crippen molar-refractivity contribution in [3.8, 4) is 0 Å². The number of benzene rings is 3. The molecule has 0 radical (unpaired) electrons. The summed E-state index contributed by atoms with van der Waals surface area (Å²) in [5.41, 5.74) is 0.0409. The lowest BCUT2D eigenvalue weighted by Gasteiger charge is -2.43. The van der Waals surface area contributed by atoms with E-state index in [9.17, 15) is 9.90 Å². The van der Waals surface area contributed by atoms with E-state index in [1.54, 1.807) is 53.4 Å². The third-order valence-corrected chi connectivity index (χ3v) is 6.79. The molecule has 32 heavy (non-hydrogen) atoms. The first-order valence-corrected chi connectivity index (χ1v) is 11.1. The number of hydrogen-bond donors (Lipinski definition) is 1. The summed E-state index contributed by atoms with van der Waals surface area (Å²) in [7, 11) is 0. The fourth-order valence-electron chi connectivity index (χ4n) is 4.50. The second kappa shape index (κ2) is 7.49. The molecule has 2 heterocycles. The highest BCUT2D eigenvalue weighted by atomic mass is 35.5. The zero-order valence-electron chi connectivity index (χ0n) is 17.6. The predicted molar refractivity (Wildman–Crippen MR) is 126 cm³/mol. The van der Waals surface area contributed by atoms with Crippen molar-refractivity contribution in [2.45, 2.75) is 31.2 Å². The van der Waals surface area contributed by atoms with E-state index in [1.165, 1.54) is 4.90 Å². The van der Waals surface area contributed by atoms with E-state index >= 15 is 0 Å². The number of amides is 2. The highest BCUT2D eigenvalue weighted by molar-refractivity contribution is 6.31. The van der Waals surface area contributed by atoms with Gasteiger partial charge in [-0.25, -0.2) is 4.79 Å². The maximum Gasteiger partial charge on any atom is 0.332 e. The molecule has 2 saturated heterocycles. The topological polar surface area (TPSA) is 56.3 Å². The number of carbonyl (C=O) groups is 1. The van der Waals surface area contributed by atoms with Gasteiger partial charge in [0.15, 0.2) is 5.72 Å². The zero-order chi connectivity index (χ0) is 22.7. The van der Waals surface area contributed by atoms with Gasteiger partial charge >= 0.3 is 6.03 Å². The number of ether oxygens (including phenoxy) is 1. The Balaban J connectivity index is 1.72. The quantitative estimate of drug-likeness (QED) is 0.468. The smallest absolute Gasteiger partial charge is 0.332 e. The molecule has 0 spiro atoms. The first-order valence-electron chi connectivity index (χ1n) is 10.3. The SMILES string of the molecule is CC1(C)N(c2ccc(Cl)cc2)C(=O)N(c2ccc(Cl)cc2)C1(O)c1cccc(C2CO2)c1. The molecule has 0 aromatic heterocycles. The molecule has 2 atom stereocenters. The van der Waals surface area contributed by atoms with Crippen LogP contribution >= 0.6 is 23.2 Å². The number of anilines is 2. The lowest BCUT2D eigenvalue weighted by molar-refractivity contribution is -0.00255. The van der Waals surface area contributed by atoms with Gasteiger partial charge < -0.3 is 9.84 Å². The van der Waals surface area contributed by atoms with Crippen molar-refractivity contribution in [1.29, 1.82) is 0 Å². The van der Waals surface area contributed by atoms with Crippen LogP contribution in [0.15, 0.2) is 72.8 Å². The molecule has 2 fully saturated rings. The van der Waals surface area contributed by atoms with Gasteiger partial charge in [0.25, 0.3) is 0 Å². The van der Waals surface area contributed by atoms with E-state index in [-0.39, 0.29) is 12.1 Å². The molecule has 164 valence electrons. The molecule has 0 saturated carbocycles. The van der Waals surface area contributed by atoms with E-state index in [0.29, 0.717) is 33.6 Å². The van der Waals surface area contributed by atoms with Crippen molar-refractivity contribution in [3.05, 3.63) is 94.0 Å². The minimum atomic E-state index is -1.68. The Bertz CT molecular complexity index is 1180. The van der Waals surface area contributed by atoms with Gasteiger partial charge in [-0.1, -0.05) is 41.4 Å². The Morgan fingerprint density at radius 1 is 0.906 bits per heavy atom. The predicted octanol–water partition coefficient (Wildman–Crippen LogP) is 6.14. The number of rotatable bonds is 4. The molecule has 5 rings (SSSR count). The molecule has 2 amide bonds.